The molecule has 2 unspecified atom stereocenters. The lowest BCUT2D eigenvalue weighted by atomic mass is 9.88. The first-order valence-electron chi connectivity index (χ1n) is 14.5. The average molecular weight is 758 g/mol. The van der Waals surface area contributed by atoms with Gasteiger partial charge in [-0.25, -0.2) is 9.59 Å². The van der Waals surface area contributed by atoms with Crippen LogP contribution in [0.5, 0.6) is 0 Å². The number of aromatic nitrogens is 2. The molecule has 0 N–H and O–H groups in total. The standard InChI is InChI=1S/C30H25BrN6O11S/c1-17(38)48-25(23-12-22-13-33(10-11-34(22)32-23)29(41)47-15-19-4-8-21(9-5-19)37(44)45)30(31)27(40)35-24(16-49-28(30)35)26(39)46-14-18-2-6-20(7-3-18)36(42)43/h2-9,12,16,25,28H,10-11,13-15H2,1H3/t25?,28-,30?/m1/s1. The Kier molecular flexibility index (Phi) is 9.12. The summed E-state index contributed by atoms with van der Waals surface area (Å²) in [6, 6.07) is 12.8. The van der Waals surface area contributed by atoms with Gasteiger partial charge >= 0.3 is 18.0 Å². The zero-order valence-electron chi connectivity index (χ0n) is 25.4. The number of hydrogen-bond acceptors (Lipinski definition) is 13. The summed E-state index contributed by atoms with van der Waals surface area (Å²) in [5.74, 6) is -2.01. The number of carbonyl (C=O) groups is 4. The molecular formula is C30H25BrN6O11S. The number of benzene rings is 2. The maximum Gasteiger partial charge on any atom is 0.410 e. The van der Waals surface area contributed by atoms with E-state index in [1.54, 1.807) is 10.7 Å². The van der Waals surface area contributed by atoms with Gasteiger partial charge in [0.15, 0.2) is 10.4 Å². The van der Waals surface area contributed by atoms with Crippen LogP contribution in [0.1, 0.15) is 35.5 Å². The summed E-state index contributed by atoms with van der Waals surface area (Å²) in [6.45, 7) is 1.59. The van der Waals surface area contributed by atoms with E-state index >= 15 is 0 Å². The third-order valence-corrected chi connectivity index (χ3v) is 10.6. The van der Waals surface area contributed by atoms with E-state index in [0.29, 0.717) is 16.8 Å². The SMILES string of the molecule is CC(=O)OC(c1cc2n(n1)CCN(C(=O)OCc1ccc([N+](=O)[O-])cc1)C2)C1(Br)C(=O)N2C(C(=O)OCc3ccc([N+](=O)[O-])cc3)=CS[C@@H]21. The van der Waals surface area contributed by atoms with Crippen molar-refractivity contribution in [2.75, 3.05) is 6.54 Å². The molecule has 49 heavy (non-hydrogen) atoms. The molecular weight excluding hydrogens is 732 g/mol. The minimum atomic E-state index is -1.49. The van der Waals surface area contributed by atoms with Gasteiger partial charge in [-0.3, -0.25) is 39.4 Å². The zero-order chi connectivity index (χ0) is 35.0. The van der Waals surface area contributed by atoms with Crippen LogP contribution >= 0.6 is 27.7 Å². The number of hydrogen-bond donors (Lipinski definition) is 0. The molecule has 3 aliphatic heterocycles. The van der Waals surface area contributed by atoms with Crippen LogP contribution in [-0.2, 0) is 54.9 Å². The fourth-order valence-corrected chi connectivity index (χ4v) is 7.74. The van der Waals surface area contributed by atoms with Crippen molar-refractivity contribution >= 4 is 63.0 Å². The summed E-state index contributed by atoms with van der Waals surface area (Å²) in [5.41, 5.74) is 1.75. The molecule has 3 atom stereocenters. The van der Waals surface area contributed by atoms with Crippen LogP contribution in [0.2, 0.25) is 0 Å². The number of nitrogens with zero attached hydrogens (tertiary/aromatic N) is 6. The summed E-state index contributed by atoms with van der Waals surface area (Å²) >= 11 is 4.68. The first-order valence-corrected chi connectivity index (χ1v) is 16.3. The van der Waals surface area contributed by atoms with Crippen molar-refractivity contribution in [1.29, 1.82) is 0 Å². The van der Waals surface area contributed by atoms with Crippen molar-refractivity contribution < 1.29 is 43.2 Å². The number of rotatable bonds is 10. The minimum Gasteiger partial charge on any atom is -0.456 e. The van der Waals surface area contributed by atoms with Gasteiger partial charge in [0, 0.05) is 43.1 Å². The molecule has 3 aromatic rings. The lowest BCUT2D eigenvalue weighted by Gasteiger charge is -2.51. The van der Waals surface area contributed by atoms with Crippen molar-refractivity contribution in [1.82, 2.24) is 19.6 Å². The Hall–Kier alpha value is -5.30. The number of amides is 2. The number of thioether (sulfide) groups is 1. The topological polar surface area (TPSA) is 207 Å². The molecule has 0 radical (unpaired) electrons. The molecule has 19 heteroatoms. The fraction of sp³-hybridized carbons (Fsp3) is 0.300. The van der Waals surface area contributed by atoms with Crippen LogP contribution in [0.15, 0.2) is 65.7 Å². The number of nitro benzene ring substituents is 2. The maximum absolute atomic E-state index is 13.7. The van der Waals surface area contributed by atoms with Crippen LogP contribution in [0.3, 0.4) is 0 Å². The summed E-state index contributed by atoms with van der Waals surface area (Å²) in [5, 5.41) is 27.1. The number of nitro groups is 2. The number of ether oxygens (including phenoxy) is 3. The maximum atomic E-state index is 13.7. The Morgan fingerprint density at radius 2 is 1.59 bits per heavy atom. The van der Waals surface area contributed by atoms with Gasteiger partial charge in [0.25, 0.3) is 17.3 Å². The molecule has 0 spiro atoms. The average Bonchev–Trinajstić information content (AvgIpc) is 3.71. The molecule has 6 rings (SSSR count). The molecule has 0 bridgehead atoms. The predicted molar refractivity (Wildman–Crippen MR) is 171 cm³/mol. The first kappa shape index (κ1) is 33.6. The number of fused-ring (bicyclic) bond motifs is 2. The number of alkyl halides is 1. The van der Waals surface area contributed by atoms with Gasteiger partial charge in [0.05, 0.1) is 28.6 Å². The highest BCUT2D eigenvalue weighted by Crippen LogP contribution is 2.58. The lowest BCUT2D eigenvalue weighted by Crippen LogP contribution is -2.70. The molecule has 2 aromatic carbocycles. The van der Waals surface area contributed by atoms with E-state index < -0.39 is 49.6 Å². The van der Waals surface area contributed by atoms with E-state index in [1.807, 2.05) is 0 Å². The Bertz CT molecular complexity index is 1900. The fourth-order valence-electron chi connectivity index (χ4n) is 5.47. The summed E-state index contributed by atoms with van der Waals surface area (Å²) in [4.78, 5) is 75.1. The van der Waals surface area contributed by atoms with Crippen LogP contribution in [0.25, 0.3) is 0 Å². The molecule has 0 saturated carbocycles. The number of carbonyl (C=O) groups excluding carboxylic acids is 4. The number of esters is 2. The van der Waals surface area contributed by atoms with Gasteiger partial charge < -0.3 is 19.1 Å². The molecule has 2 amide bonds. The van der Waals surface area contributed by atoms with Gasteiger partial charge in [-0.2, -0.15) is 5.10 Å². The highest BCUT2D eigenvalue weighted by atomic mass is 79.9. The highest BCUT2D eigenvalue weighted by Gasteiger charge is 2.69. The van der Waals surface area contributed by atoms with Crippen LogP contribution in [0, 0.1) is 20.2 Å². The number of β-lactam (4-membered cyclic amide) rings is 1. The molecule has 17 nitrogen and oxygen atoms in total. The van der Waals surface area contributed by atoms with Crippen molar-refractivity contribution in [3.63, 3.8) is 0 Å². The Labute approximate surface area is 289 Å². The van der Waals surface area contributed by atoms with Gasteiger partial charge in [-0.1, -0.05) is 15.9 Å². The summed E-state index contributed by atoms with van der Waals surface area (Å²) in [6.07, 6.45) is -1.80. The van der Waals surface area contributed by atoms with Crippen molar-refractivity contribution in [3.8, 4) is 0 Å². The van der Waals surface area contributed by atoms with Gasteiger partial charge in [-0.15, -0.1) is 11.8 Å². The van der Waals surface area contributed by atoms with Gasteiger partial charge in [0.2, 0.25) is 0 Å². The molecule has 1 saturated heterocycles. The van der Waals surface area contributed by atoms with Gasteiger partial charge in [0.1, 0.15) is 30.0 Å². The second-order valence-corrected chi connectivity index (χ2v) is 13.4. The largest absolute Gasteiger partial charge is 0.456 e. The Morgan fingerprint density at radius 3 is 2.16 bits per heavy atom. The molecule has 254 valence electrons. The number of halogens is 1. The molecule has 1 fully saturated rings. The minimum absolute atomic E-state index is 0.00873. The van der Waals surface area contributed by atoms with E-state index in [-0.39, 0.29) is 55.6 Å². The van der Waals surface area contributed by atoms with Crippen LogP contribution < -0.4 is 0 Å². The predicted octanol–water partition coefficient (Wildman–Crippen LogP) is 4.09. The van der Waals surface area contributed by atoms with E-state index in [4.69, 9.17) is 14.2 Å². The second kappa shape index (κ2) is 13.3. The lowest BCUT2D eigenvalue weighted by molar-refractivity contribution is -0.385. The third kappa shape index (κ3) is 6.45. The van der Waals surface area contributed by atoms with E-state index in [2.05, 4.69) is 21.0 Å². The quantitative estimate of drug-likeness (QED) is 0.0714. The van der Waals surface area contributed by atoms with Crippen LogP contribution in [-0.4, -0.2) is 69.6 Å². The van der Waals surface area contributed by atoms with Gasteiger partial charge in [-0.05, 0) is 41.5 Å². The van der Waals surface area contributed by atoms with Crippen molar-refractivity contribution in [2.24, 2.45) is 0 Å². The van der Waals surface area contributed by atoms with Crippen LogP contribution in [0.4, 0.5) is 16.2 Å². The molecule has 0 aliphatic carbocycles. The number of non-ortho nitro benzene ring substituents is 2. The summed E-state index contributed by atoms with van der Waals surface area (Å²) in [7, 11) is 0. The second-order valence-electron chi connectivity index (χ2n) is 11.1. The highest BCUT2D eigenvalue weighted by molar-refractivity contribution is 9.10. The first-order chi connectivity index (χ1) is 23.4. The normalized spacial score (nSPS) is 19.9. The molecule has 4 heterocycles. The third-order valence-electron chi connectivity index (χ3n) is 7.95. The van der Waals surface area contributed by atoms with E-state index in [9.17, 15) is 39.4 Å². The monoisotopic (exact) mass is 756 g/mol. The smallest absolute Gasteiger partial charge is 0.410 e. The van der Waals surface area contributed by atoms with Crippen molar-refractivity contribution in [2.45, 2.75) is 49.0 Å². The Balaban J connectivity index is 1.11. The van der Waals surface area contributed by atoms with E-state index in [0.717, 1.165) is 11.8 Å². The molecule has 1 aromatic heterocycles. The molecule has 3 aliphatic rings. The zero-order valence-corrected chi connectivity index (χ0v) is 27.8. The van der Waals surface area contributed by atoms with E-state index in [1.165, 1.54) is 70.7 Å². The Morgan fingerprint density at radius 1 is 1.00 bits per heavy atom. The van der Waals surface area contributed by atoms with Crippen molar-refractivity contribution in [3.05, 3.63) is 108 Å². The summed E-state index contributed by atoms with van der Waals surface area (Å²) < 4.78 is 16.6.